The van der Waals surface area contributed by atoms with Gasteiger partial charge in [0.25, 0.3) is 0 Å². The second-order valence-corrected chi connectivity index (χ2v) is 9.77. The summed E-state index contributed by atoms with van der Waals surface area (Å²) < 4.78 is 64.4. The topological polar surface area (TPSA) is 104 Å². The molecule has 14 heteroatoms. The van der Waals surface area contributed by atoms with Crippen LogP contribution in [0.1, 0.15) is 24.0 Å². The third-order valence-corrected chi connectivity index (χ3v) is 7.72. The number of thiazole rings is 1. The van der Waals surface area contributed by atoms with Gasteiger partial charge in [0.15, 0.2) is 16.5 Å². The molecule has 0 amide bonds. The average molecular weight is 543 g/mol. The Morgan fingerprint density at radius 3 is 2.69 bits per heavy atom. The van der Waals surface area contributed by atoms with E-state index < -0.39 is 23.2 Å². The number of ether oxygens (including phenoxy) is 3. The molecular formula is C22H21F3N4O5S2. The molecule has 0 bridgehead atoms. The minimum Gasteiger partial charge on any atom is -0.496 e. The molecule has 2 atom stereocenters. The number of rotatable bonds is 8. The van der Waals surface area contributed by atoms with Crippen molar-refractivity contribution in [2.75, 3.05) is 19.6 Å². The van der Waals surface area contributed by atoms with Crippen LogP contribution in [0.4, 0.5) is 13.2 Å². The molecule has 0 spiro atoms. The number of halogens is 3. The molecule has 1 aliphatic rings. The number of alkyl halides is 3. The lowest BCUT2D eigenvalue weighted by atomic mass is 10.0. The molecule has 9 nitrogen and oxygen atoms in total. The SMILES string of the molecule is CCC(O)(c1nc(COc2cc(OC)cc3oc(-c4cn5c(n4)SC(OC)N5)cc23)cs1)C(F)(F)F. The van der Waals surface area contributed by atoms with Crippen LogP contribution in [0.25, 0.3) is 22.4 Å². The van der Waals surface area contributed by atoms with Crippen molar-refractivity contribution in [3.8, 4) is 23.0 Å². The molecule has 4 aromatic rings. The molecule has 1 aromatic carbocycles. The number of aromatic nitrogens is 3. The molecule has 3 aromatic heterocycles. The fraction of sp³-hybridized carbons (Fsp3) is 0.364. The molecule has 0 saturated carbocycles. The lowest BCUT2D eigenvalue weighted by Gasteiger charge is -2.26. The zero-order valence-electron chi connectivity index (χ0n) is 19.3. The van der Waals surface area contributed by atoms with E-state index in [0.717, 1.165) is 16.5 Å². The second-order valence-electron chi connectivity index (χ2n) is 7.89. The Labute approximate surface area is 211 Å². The van der Waals surface area contributed by atoms with E-state index in [-0.39, 0.29) is 17.9 Å². The Kier molecular flexibility index (Phi) is 6.31. The normalized spacial score (nSPS) is 17.1. The van der Waals surface area contributed by atoms with Crippen LogP contribution in [0.3, 0.4) is 0 Å². The average Bonchev–Trinajstić information content (AvgIpc) is 3.62. The summed E-state index contributed by atoms with van der Waals surface area (Å²) in [6.45, 7) is 1.14. The molecule has 1 aliphatic heterocycles. The number of nitrogens with zero attached hydrogens (tertiary/aromatic N) is 3. The minimum absolute atomic E-state index is 0.116. The van der Waals surface area contributed by atoms with E-state index >= 15 is 0 Å². The molecule has 2 N–H and O–H groups in total. The molecule has 4 heterocycles. The first kappa shape index (κ1) is 24.7. The van der Waals surface area contributed by atoms with Gasteiger partial charge in [-0.1, -0.05) is 6.92 Å². The highest BCUT2D eigenvalue weighted by Gasteiger charge is 2.55. The third-order valence-electron chi connectivity index (χ3n) is 5.67. The first-order valence-corrected chi connectivity index (χ1v) is 12.4. The van der Waals surface area contributed by atoms with Crippen LogP contribution in [0.2, 0.25) is 0 Å². The van der Waals surface area contributed by atoms with Gasteiger partial charge in [-0.05, 0) is 24.2 Å². The van der Waals surface area contributed by atoms with Gasteiger partial charge < -0.3 is 23.7 Å². The molecule has 0 radical (unpaired) electrons. The quantitative estimate of drug-likeness (QED) is 0.315. The summed E-state index contributed by atoms with van der Waals surface area (Å²) in [5.41, 5.74) is 1.23. The van der Waals surface area contributed by atoms with Crippen LogP contribution < -0.4 is 14.9 Å². The van der Waals surface area contributed by atoms with Crippen molar-refractivity contribution >= 4 is 34.1 Å². The molecule has 0 fully saturated rings. The highest BCUT2D eigenvalue weighted by atomic mass is 32.2. The number of imidazole rings is 1. The zero-order chi connectivity index (χ0) is 25.7. The van der Waals surface area contributed by atoms with Gasteiger partial charge in [0.2, 0.25) is 5.60 Å². The van der Waals surface area contributed by atoms with Crippen LogP contribution >= 0.6 is 23.1 Å². The summed E-state index contributed by atoms with van der Waals surface area (Å²) in [4.78, 5) is 8.56. The van der Waals surface area contributed by atoms with Crippen molar-refractivity contribution in [3.05, 3.63) is 40.5 Å². The summed E-state index contributed by atoms with van der Waals surface area (Å²) in [6.07, 6.45) is -3.60. The van der Waals surface area contributed by atoms with Crippen molar-refractivity contribution in [2.24, 2.45) is 0 Å². The van der Waals surface area contributed by atoms with Crippen LogP contribution in [-0.2, 0) is 16.9 Å². The maximum Gasteiger partial charge on any atom is 0.423 e. The molecule has 5 rings (SSSR count). The van der Waals surface area contributed by atoms with Gasteiger partial charge in [0, 0.05) is 24.6 Å². The molecule has 2 unspecified atom stereocenters. The smallest absolute Gasteiger partial charge is 0.423 e. The second kappa shape index (κ2) is 9.18. The zero-order valence-corrected chi connectivity index (χ0v) is 20.9. The van der Waals surface area contributed by atoms with E-state index in [1.807, 2.05) is 0 Å². The van der Waals surface area contributed by atoms with E-state index in [1.165, 1.54) is 31.2 Å². The summed E-state index contributed by atoms with van der Waals surface area (Å²) in [7, 11) is 3.10. The molecule has 0 saturated heterocycles. The number of nitrogens with one attached hydrogen (secondary N) is 1. The van der Waals surface area contributed by atoms with Gasteiger partial charge in [-0.15, -0.1) is 11.3 Å². The van der Waals surface area contributed by atoms with E-state index in [9.17, 15) is 18.3 Å². The Morgan fingerprint density at radius 1 is 1.22 bits per heavy atom. The number of methoxy groups -OCH3 is 2. The maximum atomic E-state index is 13.4. The number of hydrogen-bond donors (Lipinski definition) is 2. The number of fused-ring (bicyclic) bond motifs is 2. The van der Waals surface area contributed by atoms with E-state index in [4.69, 9.17) is 18.6 Å². The third kappa shape index (κ3) is 4.27. The number of benzene rings is 1. The minimum atomic E-state index is -4.84. The molecule has 192 valence electrons. The predicted octanol–water partition coefficient (Wildman–Crippen LogP) is 5.08. The number of aliphatic hydroxyl groups is 1. The van der Waals surface area contributed by atoms with E-state index in [2.05, 4.69) is 15.4 Å². The fourth-order valence-electron chi connectivity index (χ4n) is 3.63. The van der Waals surface area contributed by atoms with Crippen LogP contribution in [-0.4, -0.2) is 45.7 Å². The molecule has 0 aliphatic carbocycles. The van der Waals surface area contributed by atoms with Gasteiger partial charge in [-0.25, -0.2) is 14.6 Å². The standard InChI is InChI=1S/C22H21F3N4O5S2/c1-4-21(30,22(23,24)25)18-26-11(10-35-18)9-33-15-5-12(31-2)6-16-13(15)7-17(34-16)14-8-29-19(27-14)36-20(28-29)32-3/h5-8,10,20,28,30H,4,9H2,1-3H3. The van der Waals surface area contributed by atoms with Crippen molar-refractivity contribution < 1.29 is 36.9 Å². The largest absolute Gasteiger partial charge is 0.496 e. The fourth-order valence-corrected chi connectivity index (χ4v) is 5.45. The summed E-state index contributed by atoms with van der Waals surface area (Å²) in [6, 6.07) is 5.13. The monoisotopic (exact) mass is 542 g/mol. The number of furan rings is 1. The highest BCUT2D eigenvalue weighted by Crippen LogP contribution is 2.43. The lowest BCUT2D eigenvalue weighted by molar-refractivity contribution is -0.267. The number of hydrogen-bond acceptors (Lipinski definition) is 10. The van der Waals surface area contributed by atoms with Crippen LogP contribution in [0, 0.1) is 0 Å². The molecule has 36 heavy (non-hydrogen) atoms. The van der Waals surface area contributed by atoms with E-state index in [1.54, 1.807) is 36.2 Å². The van der Waals surface area contributed by atoms with Gasteiger partial charge in [0.05, 0.1) is 24.4 Å². The van der Waals surface area contributed by atoms with Gasteiger partial charge >= 0.3 is 6.18 Å². The first-order valence-electron chi connectivity index (χ1n) is 10.7. The van der Waals surface area contributed by atoms with E-state index in [0.29, 0.717) is 33.9 Å². The highest BCUT2D eigenvalue weighted by molar-refractivity contribution is 7.99. The van der Waals surface area contributed by atoms with Gasteiger partial charge in [-0.2, -0.15) is 13.2 Å². The first-order chi connectivity index (χ1) is 17.1. The lowest BCUT2D eigenvalue weighted by Crippen LogP contribution is -2.41. The van der Waals surface area contributed by atoms with Crippen molar-refractivity contribution in [1.29, 1.82) is 0 Å². The van der Waals surface area contributed by atoms with Crippen LogP contribution in [0.15, 0.2) is 39.3 Å². The van der Waals surface area contributed by atoms with Gasteiger partial charge in [0.1, 0.15) is 34.4 Å². The Morgan fingerprint density at radius 2 is 2.03 bits per heavy atom. The summed E-state index contributed by atoms with van der Waals surface area (Å²) in [5.74, 6) is 1.37. The summed E-state index contributed by atoms with van der Waals surface area (Å²) >= 11 is 2.16. The Balaban J connectivity index is 1.41. The Hall–Kier alpha value is -2.94. The van der Waals surface area contributed by atoms with Crippen molar-refractivity contribution in [1.82, 2.24) is 14.6 Å². The van der Waals surface area contributed by atoms with Crippen molar-refractivity contribution in [3.63, 3.8) is 0 Å². The predicted molar refractivity (Wildman–Crippen MR) is 127 cm³/mol. The summed E-state index contributed by atoms with van der Waals surface area (Å²) in [5, 5.41) is 12.5. The number of thioether (sulfide) groups is 1. The Bertz CT molecular complexity index is 1380. The van der Waals surface area contributed by atoms with Crippen molar-refractivity contribution in [2.45, 2.75) is 42.4 Å². The van der Waals surface area contributed by atoms with Gasteiger partial charge in [-0.3, -0.25) is 5.43 Å². The molecular weight excluding hydrogens is 521 g/mol. The van der Waals surface area contributed by atoms with Crippen LogP contribution in [0.5, 0.6) is 11.5 Å². The maximum absolute atomic E-state index is 13.4.